The van der Waals surface area contributed by atoms with Gasteiger partial charge in [0.1, 0.15) is 0 Å². The van der Waals surface area contributed by atoms with E-state index in [1.54, 1.807) is 0 Å². The highest BCUT2D eigenvalue weighted by Gasteiger charge is 2.13. The first-order chi connectivity index (χ1) is 9.65. The number of hydrogen-bond donors (Lipinski definition) is 2. The molecule has 3 N–H and O–H groups in total. The van der Waals surface area contributed by atoms with Crippen molar-refractivity contribution in [3.8, 4) is 5.75 Å². The van der Waals surface area contributed by atoms with Crippen molar-refractivity contribution in [2.75, 3.05) is 19.1 Å². The lowest BCUT2D eigenvalue weighted by atomic mass is 10.1. The number of nitrogens with one attached hydrogen (secondary N) is 1. The van der Waals surface area contributed by atoms with Crippen LogP contribution in [0.15, 0.2) is 35.4 Å². The third-order valence-corrected chi connectivity index (χ3v) is 3.04. The summed E-state index contributed by atoms with van der Waals surface area (Å²) in [7, 11) is 3.32. The lowest BCUT2D eigenvalue weighted by molar-refractivity contribution is 0.406. The molecule has 0 spiro atoms. The first kappa shape index (κ1) is 14.1. The quantitative estimate of drug-likeness (QED) is 0.845. The maximum Gasteiger partial charge on any atom is 0.295 e. The van der Waals surface area contributed by atoms with Gasteiger partial charge in [-0.2, -0.15) is 0 Å². The van der Waals surface area contributed by atoms with E-state index in [9.17, 15) is 4.79 Å². The van der Waals surface area contributed by atoms with E-state index in [0.29, 0.717) is 18.9 Å². The van der Waals surface area contributed by atoms with Crippen molar-refractivity contribution in [1.82, 2.24) is 9.97 Å². The molecule has 2 rings (SSSR count). The summed E-state index contributed by atoms with van der Waals surface area (Å²) in [6.07, 6.45) is 1.37. The first-order valence-electron chi connectivity index (χ1n) is 6.26. The summed E-state index contributed by atoms with van der Waals surface area (Å²) < 4.78 is 5.11. The Bertz CT molecular complexity index is 622. The van der Waals surface area contributed by atoms with Gasteiger partial charge < -0.3 is 20.4 Å². The normalized spacial score (nSPS) is 10.3. The molecule has 0 unspecified atom stereocenters. The zero-order chi connectivity index (χ0) is 14.5. The molecule has 1 heterocycles. The average Bonchev–Trinajstić information content (AvgIpc) is 2.47. The van der Waals surface area contributed by atoms with Crippen LogP contribution in [0.25, 0.3) is 0 Å². The predicted octanol–water partition coefficient (Wildman–Crippen LogP) is 0.874. The molecule has 0 aliphatic heterocycles. The fraction of sp³-hybridized carbons (Fsp3) is 0.286. The fourth-order valence-corrected chi connectivity index (χ4v) is 1.96. The Morgan fingerprint density at radius 3 is 2.55 bits per heavy atom. The summed E-state index contributed by atoms with van der Waals surface area (Å²) in [4.78, 5) is 20.2. The molecule has 0 saturated heterocycles. The molecule has 0 fully saturated rings. The van der Waals surface area contributed by atoms with Gasteiger partial charge in [0.2, 0.25) is 5.75 Å². The van der Waals surface area contributed by atoms with E-state index in [2.05, 4.69) is 9.97 Å². The van der Waals surface area contributed by atoms with Crippen LogP contribution in [0.4, 0.5) is 5.82 Å². The van der Waals surface area contributed by atoms with Crippen LogP contribution in [0, 0.1) is 0 Å². The summed E-state index contributed by atoms with van der Waals surface area (Å²) >= 11 is 0. The van der Waals surface area contributed by atoms with Crippen molar-refractivity contribution in [1.29, 1.82) is 0 Å². The molecule has 0 amide bonds. The highest BCUT2D eigenvalue weighted by Crippen LogP contribution is 2.20. The molecule has 6 heteroatoms. The van der Waals surface area contributed by atoms with E-state index < -0.39 is 0 Å². The summed E-state index contributed by atoms with van der Waals surface area (Å²) in [6, 6.07) is 8.01. The smallest absolute Gasteiger partial charge is 0.295 e. The van der Waals surface area contributed by atoms with Crippen molar-refractivity contribution in [2.24, 2.45) is 5.73 Å². The summed E-state index contributed by atoms with van der Waals surface area (Å²) in [5.74, 6) is 0.729. The Hall–Kier alpha value is -2.34. The van der Waals surface area contributed by atoms with Gasteiger partial charge in [0.05, 0.1) is 13.4 Å². The average molecular weight is 274 g/mol. The van der Waals surface area contributed by atoms with Gasteiger partial charge in [-0.3, -0.25) is 4.79 Å². The van der Waals surface area contributed by atoms with Gasteiger partial charge in [0.15, 0.2) is 5.82 Å². The Morgan fingerprint density at radius 2 is 1.95 bits per heavy atom. The molecule has 6 nitrogen and oxygen atoms in total. The molecule has 20 heavy (non-hydrogen) atoms. The molecule has 1 aromatic carbocycles. The number of nitrogens with zero attached hydrogens (tertiary/aromatic N) is 2. The molecule has 0 saturated carbocycles. The second kappa shape index (κ2) is 6.21. The van der Waals surface area contributed by atoms with Crippen LogP contribution >= 0.6 is 0 Å². The number of rotatable bonds is 5. The second-order valence-corrected chi connectivity index (χ2v) is 4.47. The van der Waals surface area contributed by atoms with E-state index in [1.165, 1.54) is 13.4 Å². The standard InChI is InChI=1S/C14H18N4O2/c1-18(8-11-5-3-10(7-15)4-6-11)13-12(20-2)14(19)17-9-16-13/h3-6,9H,7-8,15H2,1-2H3,(H,16,17,19). The number of hydrogen-bond acceptors (Lipinski definition) is 5. The third-order valence-electron chi connectivity index (χ3n) is 3.04. The summed E-state index contributed by atoms with van der Waals surface area (Å²) in [6.45, 7) is 1.15. The Morgan fingerprint density at radius 1 is 1.30 bits per heavy atom. The minimum Gasteiger partial charge on any atom is -0.489 e. The largest absolute Gasteiger partial charge is 0.489 e. The topological polar surface area (TPSA) is 84.2 Å². The minimum absolute atomic E-state index is 0.216. The van der Waals surface area contributed by atoms with Gasteiger partial charge in [-0.1, -0.05) is 24.3 Å². The molecular weight excluding hydrogens is 256 g/mol. The Balaban J connectivity index is 2.21. The van der Waals surface area contributed by atoms with Crippen LogP contribution in [0.2, 0.25) is 0 Å². The van der Waals surface area contributed by atoms with Crippen LogP contribution in [0.5, 0.6) is 5.75 Å². The van der Waals surface area contributed by atoms with Crippen molar-refractivity contribution >= 4 is 5.82 Å². The highest BCUT2D eigenvalue weighted by atomic mass is 16.5. The lowest BCUT2D eigenvalue weighted by Crippen LogP contribution is -2.22. The van der Waals surface area contributed by atoms with E-state index in [0.717, 1.165) is 11.1 Å². The Labute approximate surface area is 117 Å². The number of methoxy groups -OCH3 is 1. The van der Waals surface area contributed by atoms with E-state index >= 15 is 0 Å². The van der Waals surface area contributed by atoms with Gasteiger partial charge in [-0.15, -0.1) is 0 Å². The summed E-state index contributed by atoms with van der Waals surface area (Å²) in [5.41, 5.74) is 7.47. The van der Waals surface area contributed by atoms with Crippen LogP contribution in [0.1, 0.15) is 11.1 Å². The van der Waals surface area contributed by atoms with Crippen molar-refractivity contribution in [3.05, 3.63) is 52.1 Å². The number of ether oxygens (including phenoxy) is 1. The van der Waals surface area contributed by atoms with Gasteiger partial charge >= 0.3 is 0 Å². The van der Waals surface area contributed by atoms with Gasteiger partial charge in [0.25, 0.3) is 5.56 Å². The van der Waals surface area contributed by atoms with Crippen LogP contribution < -0.4 is 20.9 Å². The van der Waals surface area contributed by atoms with Gasteiger partial charge in [-0.25, -0.2) is 4.98 Å². The molecule has 0 radical (unpaired) electrons. The van der Waals surface area contributed by atoms with Crippen molar-refractivity contribution in [3.63, 3.8) is 0 Å². The third kappa shape index (κ3) is 2.97. The molecule has 1 aromatic heterocycles. The highest BCUT2D eigenvalue weighted by molar-refractivity contribution is 5.50. The van der Waals surface area contributed by atoms with Crippen molar-refractivity contribution < 1.29 is 4.74 Å². The molecular formula is C14H18N4O2. The number of aromatic nitrogens is 2. The van der Waals surface area contributed by atoms with E-state index in [1.807, 2.05) is 36.2 Å². The van der Waals surface area contributed by atoms with Crippen LogP contribution in [-0.2, 0) is 13.1 Å². The molecule has 0 atom stereocenters. The zero-order valence-electron chi connectivity index (χ0n) is 11.6. The molecule has 0 aliphatic carbocycles. The summed E-state index contributed by atoms with van der Waals surface area (Å²) in [5, 5.41) is 0. The predicted molar refractivity (Wildman–Crippen MR) is 77.9 cm³/mol. The van der Waals surface area contributed by atoms with E-state index in [-0.39, 0.29) is 11.3 Å². The second-order valence-electron chi connectivity index (χ2n) is 4.47. The first-order valence-corrected chi connectivity index (χ1v) is 6.26. The molecule has 0 aliphatic rings. The monoisotopic (exact) mass is 274 g/mol. The minimum atomic E-state index is -0.289. The number of H-pyrrole nitrogens is 1. The zero-order valence-corrected chi connectivity index (χ0v) is 11.6. The van der Waals surface area contributed by atoms with Gasteiger partial charge in [0, 0.05) is 20.1 Å². The maximum atomic E-state index is 11.7. The number of aromatic amines is 1. The van der Waals surface area contributed by atoms with Gasteiger partial charge in [-0.05, 0) is 11.1 Å². The molecule has 106 valence electrons. The van der Waals surface area contributed by atoms with Crippen LogP contribution in [-0.4, -0.2) is 24.1 Å². The van der Waals surface area contributed by atoms with Crippen molar-refractivity contribution in [2.45, 2.75) is 13.1 Å². The molecule has 0 bridgehead atoms. The number of benzene rings is 1. The molecule has 2 aromatic rings. The SMILES string of the molecule is COc1c(N(C)Cc2ccc(CN)cc2)nc[nH]c1=O. The number of nitrogens with two attached hydrogens (primary N) is 1. The maximum absolute atomic E-state index is 11.7. The van der Waals surface area contributed by atoms with E-state index in [4.69, 9.17) is 10.5 Å². The number of anilines is 1. The van der Waals surface area contributed by atoms with Crippen LogP contribution in [0.3, 0.4) is 0 Å². The fourth-order valence-electron chi connectivity index (χ4n) is 1.96. The lowest BCUT2D eigenvalue weighted by Gasteiger charge is -2.19. The Kier molecular flexibility index (Phi) is 4.37.